The van der Waals surface area contributed by atoms with Gasteiger partial charge in [-0.05, 0) is 30.7 Å². The Morgan fingerprint density at radius 1 is 1.48 bits per heavy atom. The molecule has 0 saturated heterocycles. The molecule has 0 bridgehead atoms. The molecule has 1 N–H and O–H groups in total. The molecule has 0 aliphatic carbocycles. The van der Waals surface area contributed by atoms with Crippen molar-refractivity contribution in [3.05, 3.63) is 40.9 Å². The predicted molar refractivity (Wildman–Crippen MR) is 87.4 cm³/mol. The third-order valence-corrected chi connectivity index (χ3v) is 3.43. The number of rotatable bonds is 5. The molecule has 122 valence electrons. The number of phenols is 1. The molecule has 0 atom stereocenters. The van der Waals surface area contributed by atoms with Crippen molar-refractivity contribution in [1.82, 2.24) is 9.55 Å². The van der Waals surface area contributed by atoms with Crippen molar-refractivity contribution in [1.29, 1.82) is 0 Å². The molecule has 7 heteroatoms. The van der Waals surface area contributed by atoms with Crippen molar-refractivity contribution in [3.63, 3.8) is 0 Å². The first-order chi connectivity index (χ1) is 11.0. The van der Waals surface area contributed by atoms with Gasteiger partial charge in [0, 0.05) is 19.4 Å². The minimum absolute atomic E-state index is 0.124. The Morgan fingerprint density at radius 2 is 2.22 bits per heavy atom. The SMILES string of the molecule is CCOC(=O)C(=Cc1cc(Cl)c(O)c(OC)c1)c1nccn1C. The number of hydrogen-bond acceptors (Lipinski definition) is 5. The summed E-state index contributed by atoms with van der Waals surface area (Å²) >= 11 is 5.98. The number of hydrogen-bond donors (Lipinski definition) is 1. The minimum Gasteiger partial charge on any atom is -0.503 e. The summed E-state index contributed by atoms with van der Waals surface area (Å²) in [4.78, 5) is 16.4. The van der Waals surface area contributed by atoms with Crippen LogP contribution in [-0.4, -0.2) is 34.3 Å². The second-order valence-electron chi connectivity index (χ2n) is 4.69. The maximum atomic E-state index is 12.2. The highest BCUT2D eigenvalue weighted by molar-refractivity contribution is 6.32. The molecule has 1 aromatic heterocycles. The van der Waals surface area contributed by atoms with Crippen LogP contribution in [0, 0.1) is 0 Å². The minimum atomic E-state index is -0.495. The summed E-state index contributed by atoms with van der Waals surface area (Å²) in [5, 5.41) is 9.92. The largest absolute Gasteiger partial charge is 0.503 e. The number of ether oxygens (including phenoxy) is 2. The van der Waals surface area contributed by atoms with Crippen LogP contribution in [0.1, 0.15) is 18.3 Å². The van der Waals surface area contributed by atoms with E-state index in [2.05, 4.69) is 4.98 Å². The predicted octanol–water partition coefficient (Wildman–Crippen LogP) is 2.89. The molecule has 23 heavy (non-hydrogen) atoms. The van der Waals surface area contributed by atoms with Crippen LogP contribution in [0.5, 0.6) is 11.5 Å². The Balaban J connectivity index is 2.55. The molecule has 0 aliphatic heterocycles. The Morgan fingerprint density at radius 3 is 2.78 bits per heavy atom. The van der Waals surface area contributed by atoms with Crippen LogP contribution in [0.25, 0.3) is 11.6 Å². The average Bonchev–Trinajstić information content (AvgIpc) is 2.94. The normalized spacial score (nSPS) is 11.4. The number of nitrogens with zero attached hydrogens (tertiary/aromatic N) is 2. The number of carbonyl (C=O) groups excluding carboxylic acids is 1. The van der Waals surface area contributed by atoms with E-state index in [9.17, 15) is 9.90 Å². The smallest absolute Gasteiger partial charge is 0.341 e. The van der Waals surface area contributed by atoms with E-state index in [4.69, 9.17) is 21.1 Å². The summed E-state index contributed by atoms with van der Waals surface area (Å²) in [6.07, 6.45) is 4.91. The van der Waals surface area contributed by atoms with Gasteiger partial charge in [0.15, 0.2) is 11.5 Å². The van der Waals surface area contributed by atoms with Crippen molar-refractivity contribution in [3.8, 4) is 11.5 Å². The monoisotopic (exact) mass is 336 g/mol. The number of benzene rings is 1. The average molecular weight is 337 g/mol. The molecule has 0 aliphatic rings. The van der Waals surface area contributed by atoms with Gasteiger partial charge >= 0.3 is 5.97 Å². The Labute approximate surface area is 138 Å². The van der Waals surface area contributed by atoms with E-state index < -0.39 is 5.97 Å². The number of aryl methyl sites for hydroxylation is 1. The van der Waals surface area contributed by atoms with E-state index >= 15 is 0 Å². The first-order valence-electron chi connectivity index (χ1n) is 6.91. The number of esters is 1. The van der Waals surface area contributed by atoms with E-state index in [1.54, 1.807) is 43.1 Å². The van der Waals surface area contributed by atoms with Crippen molar-refractivity contribution < 1.29 is 19.4 Å². The second kappa shape index (κ2) is 7.19. The maximum Gasteiger partial charge on any atom is 0.341 e. The highest BCUT2D eigenvalue weighted by atomic mass is 35.5. The Kier molecular flexibility index (Phi) is 5.28. The molecule has 0 unspecified atom stereocenters. The van der Waals surface area contributed by atoms with Crippen LogP contribution < -0.4 is 4.74 Å². The van der Waals surface area contributed by atoms with Crippen LogP contribution in [0.4, 0.5) is 0 Å². The van der Waals surface area contributed by atoms with E-state index in [0.29, 0.717) is 11.4 Å². The maximum absolute atomic E-state index is 12.2. The van der Waals surface area contributed by atoms with Crippen molar-refractivity contribution in [2.24, 2.45) is 7.05 Å². The fraction of sp³-hybridized carbons (Fsp3) is 0.250. The van der Waals surface area contributed by atoms with Crippen LogP contribution in [0.15, 0.2) is 24.5 Å². The summed E-state index contributed by atoms with van der Waals surface area (Å²) in [5.41, 5.74) is 0.860. The molecular formula is C16H17ClN2O4. The lowest BCUT2D eigenvalue weighted by Crippen LogP contribution is -2.10. The molecule has 2 rings (SSSR count). The molecule has 0 spiro atoms. The molecule has 1 aromatic carbocycles. The molecule has 0 radical (unpaired) electrons. The number of aromatic hydroxyl groups is 1. The second-order valence-corrected chi connectivity index (χ2v) is 5.10. The number of halogens is 1. The third-order valence-electron chi connectivity index (χ3n) is 3.14. The zero-order valence-corrected chi connectivity index (χ0v) is 13.8. The van der Waals surface area contributed by atoms with Gasteiger partial charge in [0.1, 0.15) is 11.4 Å². The summed E-state index contributed by atoms with van der Waals surface area (Å²) in [6, 6.07) is 3.10. The van der Waals surface area contributed by atoms with Gasteiger partial charge in [0.05, 0.1) is 18.7 Å². The summed E-state index contributed by atoms with van der Waals surface area (Å²) < 4.78 is 11.9. The fourth-order valence-corrected chi connectivity index (χ4v) is 2.27. The van der Waals surface area contributed by atoms with Gasteiger partial charge in [-0.3, -0.25) is 0 Å². The zero-order valence-electron chi connectivity index (χ0n) is 13.0. The quantitative estimate of drug-likeness (QED) is 0.671. The fourth-order valence-electron chi connectivity index (χ4n) is 2.05. The lowest BCUT2D eigenvalue weighted by atomic mass is 10.1. The zero-order chi connectivity index (χ0) is 17.0. The first-order valence-corrected chi connectivity index (χ1v) is 7.28. The van der Waals surface area contributed by atoms with Gasteiger partial charge < -0.3 is 19.1 Å². The van der Waals surface area contributed by atoms with Crippen LogP contribution >= 0.6 is 11.6 Å². The molecule has 0 amide bonds. The molecule has 1 heterocycles. The summed E-state index contributed by atoms with van der Waals surface area (Å²) in [5.74, 6) is 0.0318. The van der Waals surface area contributed by atoms with Gasteiger partial charge in [-0.1, -0.05) is 11.6 Å². The van der Waals surface area contributed by atoms with E-state index in [1.807, 2.05) is 0 Å². The van der Waals surface area contributed by atoms with Gasteiger partial charge in [-0.25, -0.2) is 9.78 Å². The van der Waals surface area contributed by atoms with E-state index in [0.717, 1.165) is 0 Å². The lowest BCUT2D eigenvalue weighted by Gasteiger charge is -2.09. The number of carbonyl (C=O) groups is 1. The number of methoxy groups -OCH3 is 1. The molecule has 2 aromatic rings. The van der Waals surface area contributed by atoms with Gasteiger partial charge in [0.2, 0.25) is 0 Å². The van der Waals surface area contributed by atoms with Crippen molar-refractivity contribution >= 4 is 29.2 Å². The summed E-state index contributed by atoms with van der Waals surface area (Å²) in [6.45, 7) is 1.98. The molecular weight excluding hydrogens is 320 g/mol. The topological polar surface area (TPSA) is 73.6 Å². The number of aromatic nitrogens is 2. The standard InChI is InChI=1S/C16H17ClN2O4/c1-4-23-16(21)11(15-18-5-6-19(15)2)7-10-8-12(17)14(20)13(9-10)22-3/h5-9,20H,4H2,1-3H3. The summed E-state index contributed by atoms with van der Waals surface area (Å²) in [7, 11) is 3.20. The van der Waals surface area contributed by atoms with Crippen LogP contribution in [-0.2, 0) is 16.6 Å². The Hall–Kier alpha value is -2.47. The van der Waals surface area contributed by atoms with Crippen LogP contribution in [0.2, 0.25) is 5.02 Å². The van der Waals surface area contributed by atoms with Crippen molar-refractivity contribution in [2.45, 2.75) is 6.92 Å². The van der Waals surface area contributed by atoms with E-state index in [-0.39, 0.29) is 28.7 Å². The van der Waals surface area contributed by atoms with Crippen LogP contribution in [0.3, 0.4) is 0 Å². The lowest BCUT2D eigenvalue weighted by molar-refractivity contribution is -0.136. The molecule has 0 fully saturated rings. The number of imidazole rings is 1. The van der Waals surface area contributed by atoms with Gasteiger partial charge in [0.25, 0.3) is 0 Å². The third kappa shape index (κ3) is 3.65. The highest BCUT2D eigenvalue weighted by Crippen LogP contribution is 2.36. The first kappa shape index (κ1) is 16.9. The Bertz CT molecular complexity index is 753. The molecule has 0 saturated carbocycles. The number of phenolic OH excluding ortho intramolecular Hbond substituents is 1. The van der Waals surface area contributed by atoms with Crippen molar-refractivity contribution in [2.75, 3.05) is 13.7 Å². The van der Waals surface area contributed by atoms with Gasteiger partial charge in [-0.2, -0.15) is 0 Å². The highest BCUT2D eigenvalue weighted by Gasteiger charge is 2.18. The van der Waals surface area contributed by atoms with E-state index in [1.165, 1.54) is 13.2 Å². The van der Waals surface area contributed by atoms with Gasteiger partial charge in [-0.15, -0.1) is 0 Å². The molecule has 6 nitrogen and oxygen atoms in total.